The molecule has 0 radical (unpaired) electrons. The van der Waals surface area contributed by atoms with Gasteiger partial charge < -0.3 is 0 Å². The van der Waals surface area contributed by atoms with Crippen molar-refractivity contribution in [3.8, 4) is 0 Å². The van der Waals surface area contributed by atoms with E-state index in [2.05, 4.69) is 0 Å². The summed E-state index contributed by atoms with van der Waals surface area (Å²) in [6.45, 7) is 0. The van der Waals surface area contributed by atoms with Crippen molar-refractivity contribution in [1.82, 2.24) is 0 Å². The maximum Gasteiger partial charge on any atom is 0.431 e. The SMILES string of the molecule is O=S(=O)(O)C(F)(F)C(F)(F)CCCCCl. The lowest BCUT2D eigenvalue weighted by atomic mass is 10.1. The molecule has 9 heteroatoms. The molecule has 0 aliphatic heterocycles. The molecular formula is C6H9ClF4O3S. The van der Waals surface area contributed by atoms with Crippen LogP contribution in [0.3, 0.4) is 0 Å². The molecule has 0 fully saturated rings. The standard InChI is InChI=1S/C6H9ClF4O3S/c7-4-2-1-3-5(8,9)6(10,11)15(12,13)14/h1-4H2,(H,12,13,14). The molecule has 0 spiro atoms. The summed E-state index contributed by atoms with van der Waals surface area (Å²) in [5.41, 5.74) is 0. The van der Waals surface area contributed by atoms with Gasteiger partial charge in [-0.2, -0.15) is 26.0 Å². The van der Waals surface area contributed by atoms with Gasteiger partial charge in [-0.15, -0.1) is 11.6 Å². The number of unbranched alkanes of at least 4 members (excludes halogenated alkanes) is 1. The van der Waals surface area contributed by atoms with Crippen LogP contribution in [0.1, 0.15) is 19.3 Å². The van der Waals surface area contributed by atoms with Crippen LogP contribution in [0, 0.1) is 0 Å². The van der Waals surface area contributed by atoms with Crippen molar-refractivity contribution in [3.63, 3.8) is 0 Å². The molecule has 0 aliphatic carbocycles. The third kappa shape index (κ3) is 3.46. The van der Waals surface area contributed by atoms with E-state index >= 15 is 0 Å². The molecule has 0 heterocycles. The maximum absolute atomic E-state index is 12.7. The number of hydrogen-bond acceptors (Lipinski definition) is 2. The molecular weight excluding hydrogens is 264 g/mol. The van der Waals surface area contributed by atoms with Gasteiger partial charge in [-0.25, -0.2) is 0 Å². The Kier molecular flexibility index (Phi) is 4.81. The zero-order chi connectivity index (χ0) is 12.3. The Morgan fingerprint density at radius 3 is 1.93 bits per heavy atom. The van der Waals surface area contributed by atoms with Crippen molar-refractivity contribution in [2.75, 3.05) is 5.88 Å². The third-order valence-corrected chi connectivity index (χ3v) is 2.84. The molecule has 3 nitrogen and oxygen atoms in total. The van der Waals surface area contributed by atoms with Crippen molar-refractivity contribution >= 4 is 21.7 Å². The van der Waals surface area contributed by atoms with Crippen molar-refractivity contribution in [1.29, 1.82) is 0 Å². The molecule has 92 valence electrons. The monoisotopic (exact) mass is 272 g/mol. The molecule has 0 aromatic carbocycles. The van der Waals surface area contributed by atoms with Crippen molar-refractivity contribution in [3.05, 3.63) is 0 Å². The molecule has 15 heavy (non-hydrogen) atoms. The predicted molar refractivity (Wildman–Crippen MR) is 46.0 cm³/mol. The van der Waals surface area contributed by atoms with E-state index < -0.39 is 27.7 Å². The van der Waals surface area contributed by atoms with Gasteiger partial charge in [-0.1, -0.05) is 0 Å². The molecule has 0 aromatic heterocycles. The molecule has 0 unspecified atom stereocenters. The summed E-state index contributed by atoms with van der Waals surface area (Å²) < 4.78 is 78.4. The molecule has 0 saturated carbocycles. The number of hydrogen-bond donors (Lipinski definition) is 1. The van der Waals surface area contributed by atoms with Gasteiger partial charge in [0.1, 0.15) is 0 Å². The Bertz CT molecular complexity index is 303. The first-order chi connectivity index (χ1) is 6.56. The van der Waals surface area contributed by atoms with E-state index in [1.807, 2.05) is 0 Å². The lowest BCUT2D eigenvalue weighted by Crippen LogP contribution is -2.46. The summed E-state index contributed by atoms with van der Waals surface area (Å²) in [5.74, 6) is -4.79. The predicted octanol–water partition coefficient (Wildman–Crippen LogP) is 2.51. The van der Waals surface area contributed by atoms with Crippen LogP contribution >= 0.6 is 11.6 Å². The molecule has 0 bridgehead atoms. The summed E-state index contributed by atoms with van der Waals surface area (Å²) in [5, 5.41) is -5.47. The smallest absolute Gasteiger partial charge is 0.281 e. The van der Waals surface area contributed by atoms with E-state index in [9.17, 15) is 26.0 Å². The van der Waals surface area contributed by atoms with Gasteiger partial charge in [0.2, 0.25) is 0 Å². The number of alkyl halides is 5. The Labute approximate surface area is 89.2 Å². The highest BCUT2D eigenvalue weighted by Crippen LogP contribution is 2.41. The zero-order valence-electron chi connectivity index (χ0n) is 7.39. The van der Waals surface area contributed by atoms with Crippen molar-refractivity contribution in [2.24, 2.45) is 0 Å². The Morgan fingerprint density at radius 2 is 1.60 bits per heavy atom. The van der Waals surface area contributed by atoms with E-state index in [-0.39, 0.29) is 18.7 Å². The summed E-state index contributed by atoms with van der Waals surface area (Å²) >= 11 is 5.13. The van der Waals surface area contributed by atoms with Gasteiger partial charge in [-0.3, -0.25) is 4.55 Å². The maximum atomic E-state index is 12.7. The van der Waals surface area contributed by atoms with Gasteiger partial charge in [0.25, 0.3) is 0 Å². The van der Waals surface area contributed by atoms with Crippen LogP contribution in [0.4, 0.5) is 17.6 Å². The van der Waals surface area contributed by atoms with E-state index in [1.165, 1.54) is 0 Å². The van der Waals surface area contributed by atoms with Crippen molar-refractivity contribution in [2.45, 2.75) is 30.4 Å². The highest BCUT2D eigenvalue weighted by Gasteiger charge is 2.64. The van der Waals surface area contributed by atoms with Crippen LogP contribution in [0.15, 0.2) is 0 Å². The highest BCUT2D eigenvalue weighted by atomic mass is 35.5. The summed E-state index contributed by atoms with van der Waals surface area (Å²) in [4.78, 5) is 0. The first-order valence-corrected chi connectivity index (χ1v) is 5.82. The fourth-order valence-corrected chi connectivity index (χ4v) is 1.44. The average molecular weight is 273 g/mol. The fraction of sp³-hybridized carbons (Fsp3) is 1.00. The summed E-state index contributed by atoms with van der Waals surface area (Å²) in [6, 6.07) is 0. The van der Waals surface area contributed by atoms with E-state index in [1.54, 1.807) is 0 Å². The van der Waals surface area contributed by atoms with Crippen LogP contribution in [-0.4, -0.2) is 30.0 Å². The second kappa shape index (κ2) is 4.84. The van der Waals surface area contributed by atoms with Gasteiger partial charge in [0, 0.05) is 12.3 Å². The largest absolute Gasteiger partial charge is 0.431 e. The Hall–Kier alpha value is -0.0800. The zero-order valence-corrected chi connectivity index (χ0v) is 8.96. The first kappa shape index (κ1) is 14.9. The normalized spacial score (nSPS) is 14.3. The molecule has 0 rings (SSSR count). The number of halogens is 5. The molecule has 1 N–H and O–H groups in total. The van der Waals surface area contributed by atoms with Crippen LogP contribution in [0.5, 0.6) is 0 Å². The van der Waals surface area contributed by atoms with Gasteiger partial charge in [0.15, 0.2) is 0 Å². The number of rotatable bonds is 6. The van der Waals surface area contributed by atoms with E-state index in [4.69, 9.17) is 16.2 Å². The van der Waals surface area contributed by atoms with Crippen LogP contribution in [0.25, 0.3) is 0 Å². The third-order valence-electron chi connectivity index (χ3n) is 1.62. The van der Waals surface area contributed by atoms with Gasteiger partial charge in [-0.05, 0) is 12.8 Å². The first-order valence-electron chi connectivity index (χ1n) is 3.85. The average Bonchev–Trinajstić information content (AvgIpc) is 2.02. The topological polar surface area (TPSA) is 54.4 Å². The summed E-state index contributed by atoms with van der Waals surface area (Å²) in [7, 11) is -6.11. The molecule has 0 amide bonds. The van der Waals surface area contributed by atoms with E-state index in [0.717, 1.165) is 0 Å². The van der Waals surface area contributed by atoms with Gasteiger partial charge >= 0.3 is 21.3 Å². The van der Waals surface area contributed by atoms with Crippen molar-refractivity contribution < 1.29 is 30.5 Å². The van der Waals surface area contributed by atoms with Gasteiger partial charge in [0.05, 0.1) is 0 Å². The molecule has 0 saturated heterocycles. The van der Waals surface area contributed by atoms with Crippen LogP contribution in [-0.2, 0) is 10.1 Å². The molecule has 0 aromatic rings. The minimum atomic E-state index is -6.11. The highest BCUT2D eigenvalue weighted by molar-refractivity contribution is 7.87. The second-order valence-corrected chi connectivity index (χ2v) is 4.68. The summed E-state index contributed by atoms with van der Waals surface area (Å²) in [6.07, 6.45) is -1.66. The van der Waals surface area contributed by atoms with Crippen LogP contribution in [0.2, 0.25) is 0 Å². The Morgan fingerprint density at radius 1 is 1.13 bits per heavy atom. The molecule has 0 aliphatic rings. The lowest BCUT2D eigenvalue weighted by Gasteiger charge is -2.23. The minimum absolute atomic E-state index is 0.00747. The van der Waals surface area contributed by atoms with E-state index in [0.29, 0.717) is 0 Å². The van der Waals surface area contributed by atoms with Crippen LogP contribution < -0.4 is 0 Å². The quantitative estimate of drug-likeness (QED) is 0.350. The second-order valence-electron chi connectivity index (χ2n) is 2.84. The Balaban J connectivity index is 4.71. The fourth-order valence-electron chi connectivity index (χ4n) is 0.776. The molecule has 0 atom stereocenters. The minimum Gasteiger partial charge on any atom is -0.281 e. The lowest BCUT2D eigenvalue weighted by molar-refractivity contribution is -0.164.